The summed E-state index contributed by atoms with van der Waals surface area (Å²) in [5.41, 5.74) is 0.780. The van der Waals surface area contributed by atoms with Gasteiger partial charge in [-0.15, -0.1) is 24.0 Å². The number of rotatable bonds is 6. The minimum absolute atomic E-state index is 0. The highest BCUT2D eigenvalue weighted by molar-refractivity contribution is 14.0. The Morgan fingerprint density at radius 2 is 2.10 bits per heavy atom. The number of carbonyl (C=O) groups is 1. The van der Waals surface area contributed by atoms with E-state index in [1.54, 1.807) is 14.2 Å². The number of hydrogen-bond acceptors (Lipinski definition) is 4. The Labute approximate surface area is 191 Å². The van der Waals surface area contributed by atoms with E-state index in [1.807, 2.05) is 32.9 Å². The lowest BCUT2D eigenvalue weighted by molar-refractivity contribution is 0.0507. The number of methoxy groups -OCH3 is 1. The molecule has 1 aliphatic rings. The minimum atomic E-state index is -0.483. The molecule has 1 aromatic carbocycles. The summed E-state index contributed by atoms with van der Waals surface area (Å²) < 4.78 is 10.6. The predicted octanol–water partition coefficient (Wildman–Crippen LogP) is 3.42. The number of halogens is 1. The molecule has 164 valence electrons. The smallest absolute Gasteiger partial charge is 0.407 e. The van der Waals surface area contributed by atoms with Gasteiger partial charge in [0.1, 0.15) is 11.4 Å². The zero-order valence-corrected chi connectivity index (χ0v) is 20.5. The summed E-state index contributed by atoms with van der Waals surface area (Å²) in [5, 5.41) is 6.37. The molecule has 0 radical (unpaired) electrons. The summed E-state index contributed by atoms with van der Waals surface area (Å²) in [5.74, 6) is 1.76. The molecule has 0 aromatic heterocycles. The molecule has 1 fully saturated rings. The van der Waals surface area contributed by atoms with Gasteiger partial charge in [-0.05, 0) is 57.7 Å². The van der Waals surface area contributed by atoms with Crippen LogP contribution in [0.5, 0.6) is 5.75 Å². The molecule has 0 bridgehead atoms. The molecule has 8 heteroatoms. The van der Waals surface area contributed by atoms with Crippen LogP contribution < -0.4 is 15.4 Å². The van der Waals surface area contributed by atoms with Gasteiger partial charge < -0.3 is 25.0 Å². The number of aryl methyl sites for hydroxylation is 1. The summed E-state index contributed by atoms with van der Waals surface area (Å²) in [6, 6.07) is 8.24. The molecular formula is C21H35IN4O3. The molecule has 1 heterocycles. The first kappa shape index (κ1) is 25.3. The predicted molar refractivity (Wildman–Crippen MR) is 127 cm³/mol. The van der Waals surface area contributed by atoms with Gasteiger partial charge in [0.25, 0.3) is 0 Å². The average Bonchev–Trinajstić information content (AvgIpc) is 3.08. The normalized spacial score (nSPS) is 16.8. The number of nitrogens with one attached hydrogen (secondary N) is 2. The maximum Gasteiger partial charge on any atom is 0.407 e. The average molecular weight is 518 g/mol. The van der Waals surface area contributed by atoms with E-state index >= 15 is 0 Å². The maximum absolute atomic E-state index is 11.9. The zero-order chi connectivity index (χ0) is 20.6. The largest absolute Gasteiger partial charge is 0.497 e. The fraction of sp³-hybridized carbons (Fsp3) is 0.619. The van der Waals surface area contributed by atoms with Gasteiger partial charge in [0.15, 0.2) is 5.96 Å². The van der Waals surface area contributed by atoms with Crippen LogP contribution in [0.3, 0.4) is 0 Å². The second-order valence-electron chi connectivity index (χ2n) is 8.01. The van der Waals surface area contributed by atoms with Gasteiger partial charge in [-0.2, -0.15) is 0 Å². The van der Waals surface area contributed by atoms with Crippen molar-refractivity contribution < 1.29 is 14.3 Å². The van der Waals surface area contributed by atoms with Crippen molar-refractivity contribution in [2.45, 2.75) is 51.7 Å². The molecule has 1 unspecified atom stereocenters. The van der Waals surface area contributed by atoms with Gasteiger partial charge in [-0.25, -0.2) is 4.79 Å². The number of carbonyl (C=O) groups excluding carboxylic acids is 1. The van der Waals surface area contributed by atoms with Crippen molar-refractivity contribution in [3.63, 3.8) is 0 Å². The molecule has 0 spiro atoms. The zero-order valence-electron chi connectivity index (χ0n) is 18.2. The standard InChI is InChI=1S/C21H34N4O3.HI/c1-21(2,3)28-20(26)24-17-11-13-25(15-17)19(22-4)23-12-7-9-16-8-6-10-18(14-16)27-5;/h6,8,10,14,17H,7,9,11-13,15H2,1-5H3,(H,22,23)(H,24,26);1H. The number of nitrogens with zero attached hydrogens (tertiary/aromatic N) is 2. The summed E-state index contributed by atoms with van der Waals surface area (Å²) in [4.78, 5) is 18.5. The number of guanidine groups is 1. The van der Waals surface area contributed by atoms with Gasteiger partial charge in [0, 0.05) is 26.7 Å². The molecule has 1 atom stereocenters. The molecule has 0 saturated carbocycles. The number of alkyl carbamates (subject to hydrolysis) is 1. The molecule has 2 N–H and O–H groups in total. The molecule has 1 amide bonds. The second-order valence-corrected chi connectivity index (χ2v) is 8.01. The molecule has 2 rings (SSSR count). The van der Waals surface area contributed by atoms with Crippen LogP contribution in [0.25, 0.3) is 0 Å². The Morgan fingerprint density at radius 3 is 2.76 bits per heavy atom. The number of aliphatic imine (C=N–C) groups is 1. The topological polar surface area (TPSA) is 75.2 Å². The Balaban J connectivity index is 0.00000420. The van der Waals surface area contributed by atoms with Gasteiger partial charge in [-0.3, -0.25) is 4.99 Å². The summed E-state index contributed by atoms with van der Waals surface area (Å²) >= 11 is 0. The van der Waals surface area contributed by atoms with Crippen molar-refractivity contribution in [3.8, 4) is 5.75 Å². The van der Waals surface area contributed by atoms with Crippen molar-refractivity contribution in [1.29, 1.82) is 0 Å². The fourth-order valence-corrected chi connectivity index (χ4v) is 3.20. The van der Waals surface area contributed by atoms with Crippen LogP contribution in [0.1, 0.15) is 39.2 Å². The van der Waals surface area contributed by atoms with Crippen LogP contribution in [0.2, 0.25) is 0 Å². The van der Waals surface area contributed by atoms with Crippen LogP contribution in [0, 0.1) is 0 Å². The van der Waals surface area contributed by atoms with E-state index in [0.717, 1.165) is 50.6 Å². The van der Waals surface area contributed by atoms with Crippen molar-refractivity contribution in [2.24, 2.45) is 4.99 Å². The first-order valence-corrected chi connectivity index (χ1v) is 9.89. The van der Waals surface area contributed by atoms with Crippen LogP contribution in [-0.2, 0) is 11.2 Å². The lowest BCUT2D eigenvalue weighted by atomic mass is 10.1. The summed E-state index contributed by atoms with van der Waals surface area (Å²) in [6.07, 6.45) is 2.49. The molecule has 1 aliphatic heterocycles. The molecule has 7 nitrogen and oxygen atoms in total. The van der Waals surface area contributed by atoms with Gasteiger partial charge >= 0.3 is 6.09 Å². The lowest BCUT2D eigenvalue weighted by Crippen LogP contribution is -2.44. The molecule has 0 aliphatic carbocycles. The van der Waals surface area contributed by atoms with Crippen molar-refractivity contribution >= 4 is 36.0 Å². The van der Waals surface area contributed by atoms with E-state index in [9.17, 15) is 4.79 Å². The van der Waals surface area contributed by atoms with Gasteiger partial charge in [0.05, 0.1) is 13.2 Å². The minimum Gasteiger partial charge on any atom is -0.497 e. The second kappa shape index (κ2) is 12.1. The van der Waals surface area contributed by atoms with Crippen molar-refractivity contribution in [3.05, 3.63) is 29.8 Å². The molecule has 1 aromatic rings. The Morgan fingerprint density at radius 1 is 1.34 bits per heavy atom. The third kappa shape index (κ3) is 9.10. The van der Waals surface area contributed by atoms with E-state index in [1.165, 1.54) is 5.56 Å². The van der Waals surface area contributed by atoms with E-state index in [-0.39, 0.29) is 36.1 Å². The van der Waals surface area contributed by atoms with E-state index < -0.39 is 5.60 Å². The van der Waals surface area contributed by atoms with Crippen LogP contribution in [-0.4, -0.2) is 62.4 Å². The molecule has 1 saturated heterocycles. The molecule has 29 heavy (non-hydrogen) atoms. The number of likely N-dealkylation sites (tertiary alicyclic amines) is 1. The van der Waals surface area contributed by atoms with E-state index in [2.05, 4.69) is 32.7 Å². The summed E-state index contributed by atoms with van der Waals surface area (Å²) in [7, 11) is 3.48. The van der Waals surface area contributed by atoms with E-state index in [4.69, 9.17) is 9.47 Å². The number of hydrogen-bond donors (Lipinski definition) is 2. The number of amides is 1. The third-order valence-electron chi connectivity index (χ3n) is 4.48. The lowest BCUT2D eigenvalue weighted by Gasteiger charge is -2.23. The number of benzene rings is 1. The maximum atomic E-state index is 11.9. The Hall–Kier alpha value is -1.71. The highest BCUT2D eigenvalue weighted by Crippen LogP contribution is 2.14. The monoisotopic (exact) mass is 518 g/mol. The highest BCUT2D eigenvalue weighted by Gasteiger charge is 2.27. The SMILES string of the molecule is CN=C(NCCCc1cccc(OC)c1)N1CCC(NC(=O)OC(C)(C)C)C1.I. The van der Waals surface area contributed by atoms with Crippen molar-refractivity contribution in [1.82, 2.24) is 15.5 Å². The highest BCUT2D eigenvalue weighted by atomic mass is 127. The quantitative estimate of drug-likeness (QED) is 0.261. The summed E-state index contributed by atoms with van der Waals surface area (Å²) in [6.45, 7) is 8.02. The van der Waals surface area contributed by atoms with Gasteiger partial charge in [-0.1, -0.05) is 12.1 Å². The van der Waals surface area contributed by atoms with Crippen LogP contribution in [0.4, 0.5) is 4.79 Å². The Kier molecular flexibility index (Phi) is 10.6. The fourth-order valence-electron chi connectivity index (χ4n) is 3.20. The third-order valence-corrected chi connectivity index (χ3v) is 4.48. The van der Waals surface area contributed by atoms with Crippen LogP contribution in [0.15, 0.2) is 29.3 Å². The van der Waals surface area contributed by atoms with Gasteiger partial charge in [0.2, 0.25) is 0 Å². The molecular weight excluding hydrogens is 483 g/mol. The number of ether oxygens (including phenoxy) is 2. The van der Waals surface area contributed by atoms with Crippen molar-refractivity contribution in [2.75, 3.05) is 33.8 Å². The first-order valence-electron chi connectivity index (χ1n) is 9.89. The first-order chi connectivity index (χ1) is 13.3. The van der Waals surface area contributed by atoms with Crippen LogP contribution >= 0.6 is 24.0 Å². The van der Waals surface area contributed by atoms with E-state index in [0.29, 0.717) is 0 Å². The Bertz CT molecular complexity index is 676.